The second kappa shape index (κ2) is 9.11. The van der Waals surface area contributed by atoms with E-state index < -0.39 is 15.9 Å². The first-order valence-corrected chi connectivity index (χ1v) is 10.9. The van der Waals surface area contributed by atoms with Crippen LogP contribution in [-0.4, -0.2) is 21.4 Å². The van der Waals surface area contributed by atoms with Crippen molar-refractivity contribution < 1.29 is 17.9 Å². The summed E-state index contributed by atoms with van der Waals surface area (Å²) in [4.78, 5) is 12.6. The average Bonchev–Trinajstić information content (AvgIpc) is 2.72. The molecule has 0 radical (unpaired) electrons. The van der Waals surface area contributed by atoms with Gasteiger partial charge >= 0.3 is 0 Å². The van der Waals surface area contributed by atoms with Crippen LogP contribution in [0.1, 0.15) is 27.0 Å². The Kier molecular flexibility index (Phi) is 6.54. The van der Waals surface area contributed by atoms with E-state index in [4.69, 9.17) is 4.74 Å². The summed E-state index contributed by atoms with van der Waals surface area (Å²) in [6.07, 6.45) is 0. The number of methoxy groups -OCH3 is 1. The summed E-state index contributed by atoms with van der Waals surface area (Å²) in [7, 11) is -2.51. The lowest BCUT2D eigenvalue weighted by Gasteiger charge is -2.13. The van der Waals surface area contributed by atoms with Crippen molar-refractivity contribution in [3.05, 3.63) is 89.0 Å². The maximum atomic E-state index is 12.9. The zero-order valence-corrected chi connectivity index (χ0v) is 17.9. The molecule has 156 valence electrons. The summed E-state index contributed by atoms with van der Waals surface area (Å²) in [5, 5.41) is 2.82. The van der Waals surface area contributed by atoms with Gasteiger partial charge in [-0.1, -0.05) is 36.4 Å². The molecule has 7 heteroatoms. The molecular formula is C23H24N2O4S. The Labute approximate surface area is 177 Å². The number of hydrogen-bond donors (Lipinski definition) is 2. The van der Waals surface area contributed by atoms with Crippen molar-refractivity contribution >= 4 is 21.6 Å². The standard InChI is InChI=1S/C23H24N2O4S/c1-16-11-17(2)13-20(12-16)25-23(26)19-9-10-21(29-3)22(14-19)30(27,28)24-15-18-7-5-4-6-8-18/h4-14,24H,15H2,1-3H3,(H,25,26). The van der Waals surface area contributed by atoms with Crippen LogP contribution in [-0.2, 0) is 16.6 Å². The lowest BCUT2D eigenvalue weighted by molar-refractivity contribution is 0.102. The Hall–Kier alpha value is -3.16. The fourth-order valence-corrected chi connectivity index (χ4v) is 4.34. The molecule has 0 spiro atoms. The van der Waals surface area contributed by atoms with Crippen LogP contribution in [0.25, 0.3) is 0 Å². The number of nitrogens with one attached hydrogen (secondary N) is 2. The van der Waals surface area contributed by atoms with Gasteiger partial charge in [-0.15, -0.1) is 0 Å². The van der Waals surface area contributed by atoms with E-state index >= 15 is 0 Å². The Morgan fingerprint density at radius 2 is 1.60 bits per heavy atom. The van der Waals surface area contributed by atoms with E-state index in [0.717, 1.165) is 16.7 Å². The molecule has 0 aromatic heterocycles. The van der Waals surface area contributed by atoms with Crippen LogP contribution in [0.4, 0.5) is 5.69 Å². The first kappa shape index (κ1) is 21.5. The van der Waals surface area contributed by atoms with E-state index in [2.05, 4.69) is 10.0 Å². The molecule has 0 aliphatic rings. The summed E-state index contributed by atoms with van der Waals surface area (Å²) in [6, 6.07) is 19.2. The van der Waals surface area contributed by atoms with E-state index in [9.17, 15) is 13.2 Å². The van der Waals surface area contributed by atoms with Gasteiger partial charge in [-0.3, -0.25) is 4.79 Å². The number of hydrogen-bond acceptors (Lipinski definition) is 4. The van der Waals surface area contributed by atoms with Crippen LogP contribution >= 0.6 is 0 Å². The molecule has 3 rings (SSSR count). The molecule has 0 unspecified atom stereocenters. The van der Waals surface area contributed by atoms with Gasteiger partial charge in [-0.05, 0) is 60.9 Å². The third-order valence-corrected chi connectivity index (χ3v) is 5.93. The van der Waals surface area contributed by atoms with Crippen LogP contribution < -0.4 is 14.8 Å². The molecule has 0 heterocycles. The van der Waals surface area contributed by atoms with Gasteiger partial charge in [0.05, 0.1) is 7.11 Å². The average molecular weight is 425 g/mol. The minimum atomic E-state index is -3.90. The predicted octanol–water partition coefficient (Wildman–Crippen LogP) is 4.04. The molecule has 0 saturated heterocycles. The molecule has 0 fully saturated rings. The van der Waals surface area contributed by atoms with Crippen LogP contribution in [0.15, 0.2) is 71.6 Å². The summed E-state index contributed by atoms with van der Waals surface area (Å²) in [5.41, 5.74) is 3.74. The zero-order valence-electron chi connectivity index (χ0n) is 17.1. The highest BCUT2D eigenvalue weighted by Crippen LogP contribution is 2.26. The van der Waals surface area contributed by atoms with Gasteiger partial charge in [0.2, 0.25) is 10.0 Å². The van der Waals surface area contributed by atoms with E-state index in [1.165, 1.54) is 25.3 Å². The quantitative estimate of drug-likeness (QED) is 0.599. The van der Waals surface area contributed by atoms with Gasteiger partial charge < -0.3 is 10.1 Å². The van der Waals surface area contributed by atoms with Crippen molar-refractivity contribution in [2.75, 3.05) is 12.4 Å². The van der Waals surface area contributed by atoms with Crippen molar-refractivity contribution in [2.45, 2.75) is 25.3 Å². The number of carbonyl (C=O) groups excluding carboxylic acids is 1. The number of anilines is 1. The Bertz CT molecular complexity index is 1140. The fraction of sp³-hybridized carbons (Fsp3) is 0.174. The lowest BCUT2D eigenvalue weighted by atomic mass is 10.1. The van der Waals surface area contributed by atoms with E-state index in [1.807, 2.05) is 62.4 Å². The maximum absolute atomic E-state index is 12.9. The molecule has 0 aliphatic heterocycles. The number of sulfonamides is 1. The van der Waals surface area contributed by atoms with Gasteiger partial charge in [0.15, 0.2) is 0 Å². The summed E-state index contributed by atoms with van der Waals surface area (Å²) in [5.74, 6) is -0.235. The van der Waals surface area contributed by atoms with Gasteiger partial charge in [0.1, 0.15) is 10.6 Å². The monoisotopic (exact) mass is 424 g/mol. The number of rotatable bonds is 7. The highest BCUT2D eigenvalue weighted by molar-refractivity contribution is 7.89. The van der Waals surface area contributed by atoms with Crippen molar-refractivity contribution in [1.82, 2.24) is 4.72 Å². The first-order chi connectivity index (χ1) is 14.3. The molecule has 2 N–H and O–H groups in total. The molecule has 3 aromatic rings. The molecule has 1 amide bonds. The van der Waals surface area contributed by atoms with Crippen molar-refractivity contribution in [3.63, 3.8) is 0 Å². The third kappa shape index (κ3) is 5.25. The third-order valence-electron chi connectivity index (χ3n) is 4.50. The predicted molar refractivity (Wildman–Crippen MR) is 117 cm³/mol. The molecule has 0 aliphatic carbocycles. The van der Waals surface area contributed by atoms with Crippen molar-refractivity contribution in [1.29, 1.82) is 0 Å². The molecule has 6 nitrogen and oxygen atoms in total. The normalized spacial score (nSPS) is 11.2. The van der Waals surface area contributed by atoms with Crippen LogP contribution in [0.3, 0.4) is 0 Å². The Morgan fingerprint density at radius 1 is 0.933 bits per heavy atom. The number of ether oxygens (including phenoxy) is 1. The zero-order chi connectivity index (χ0) is 21.7. The van der Waals surface area contributed by atoms with Gasteiger partial charge in [-0.25, -0.2) is 13.1 Å². The fourth-order valence-electron chi connectivity index (χ4n) is 3.13. The lowest BCUT2D eigenvalue weighted by Crippen LogP contribution is -2.24. The van der Waals surface area contributed by atoms with E-state index in [-0.39, 0.29) is 22.8 Å². The van der Waals surface area contributed by atoms with Gasteiger partial charge in [0, 0.05) is 17.8 Å². The van der Waals surface area contributed by atoms with Crippen LogP contribution in [0.5, 0.6) is 5.75 Å². The summed E-state index contributed by atoms with van der Waals surface area (Å²) in [6.45, 7) is 4.02. The second-order valence-electron chi connectivity index (χ2n) is 7.01. The van der Waals surface area contributed by atoms with E-state index in [0.29, 0.717) is 5.69 Å². The maximum Gasteiger partial charge on any atom is 0.255 e. The van der Waals surface area contributed by atoms with Crippen LogP contribution in [0.2, 0.25) is 0 Å². The van der Waals surface area contributed by atoms with Crippen molar-refractivity contribution in [2.24, 2.45) is 0 Å². The molecule has 3 aromatic carbocycles. The van der Waals surface area contributed by atoms with Gasteiger partial charge in [0.25, 0.3) is 5.91 Å². The highest BCUT2D eigenvalue weighted by Gasteiger charge is 2.21. The Balaban J connectivity index is 1.86. The molecule has 30 heavy (non-hydrogen) atoms. The number of carbonyl (C=O) groups is 1. The molecular weight excluding hydrogens is 400 g/mol. The van der Waals surface area contributed by atoms with Crippen LogP contribution in [0, 0.1) is 13.8 Å². The highest BCUT2D eigenvalue weighted by atomic mass is 32.2. The minimum Gasteiger partial charge on any atom is -0.495 e. The second-order valence-corrected chi connectivity index (χ2v) is 8.74. The van der Waals surface area contributed by atoms with E-state index in [1.54, 1.807) is 0 Å². The molecule has 0 atom stereocenters. The minimum absolute atomic E-state index is 0.0889. The largest absolute Gasteiger partial charge is 0.495 e. The summed E-state index contributed by atoms with van der Waals surface area (Å²) < 4.78 is 33.5. The van der Waals surface area contributed by atoms with Gasteiger partial charge in [-0.2, -0.15) is 0 Å². The smallest absolute Gasteiger partial charge is 0.255 e. The Morgan fingerprint density at radius 3 is 2.23 bits per heavy atom. The SMILES string of the molecule is COc1ccc(C(=O)Nc2cc(C)cc(C)c2)cc1S(=O)(=O)NCc1ccccc1. The topological polar surface area (TPSA) is 84.5 Å². The number of amides is 1. The summed E-state index contributed by atoms with van der Waals surface area (Å²) >= 11 is 0. The molecule has 0 bridgehead atoms. The first-order valence-electron chi connectivity index (χ1n) is 9.40. The number of benzene rings is 3. The number of aryl methyl sites for hydroxylation is 2. The molecule has 0 saturated carbocycles. The van der Waals surface area contributed by atoms with Crippen molar-refractivity contribution in [3.8, 4) is 5.75 Å².